The second kappa shape index (κ2) is 6.96. The Labute approximate surface area is 157 Å². The smallest absolute Gasteiger partial charge is 0.275 e. The van der Waals surface area contributed by atoms with Crippen molar-refractivity contribution in [3.05, 3.63) is 76.2 Å². The standard InChI is InChI=1S/C21H22N4O2/c1-23-12-13-25(18(14-23)15-8-4-3-5-9-15)21(27)19-16-10-6-7-11-17(16)20(26)24(2)22-19/h3-11,18H,12-14H2,1-2H3. The molecule has 1 aliphatic heterocycles. The number of hydrogen-bond acceptors (Lipinski definition) is 4. The van der Waals surface area contributed by atoms with Gasteiger partial charge in [0.05, 0.1) is 11.4 Å². The van der Waals surface area contributed by atoms with E-state index in [4.69, 9.17) is 0 Å². The maximum atomic E-state index is 13.5. The fourth-order valence-electron chi connectivity index (χ4n) is 3.72. The Kier molecular flexibility index (Phi) is 4.49. The van der Waals surface area contributed by atoms with Crippen LogP contribution in [0.5, 0.6) is 0 Å². The molecule has 1 fully saturated rings. The lowest BCUT2D eigenvalue weighted by molar-refractivity contribution is 0.0492. The average Bonchev–Trinajstić information content (AvgIpc) is 2.71. The van der Waals surface area contributed by atoms with Crippen LogP contribution in [0.25, 0.3) is 10.8 Å². The van der Waals surface area contributed by atoms with Crippen LogP contribution in [0.1, 0.15) is 22.1 Å². The number of benzene rings is 2. The average molecular weight is 362 g/mol. The monoisotopic (exact) mass is 362 g/mol. The number of likely N-dealkylation sites (N-methyl/N-ethyl adjacent to an activating group) is 1. The predicted octanol–water partition coefficient (Wildman–Crippen LogP) is 2.06. The Hall–Kier alpha value is -2.99. The summed E-state index contributed by atoms with van der Waals surface area (Å²) < 4.78 is 1.25. The van der Waals surface area contributed by atoms with Gasteiger partial charge in [0.1, 0.15) is 0 Å². The van der Waals surface area contributed by atoms with Gasteiger partial charge in [0.25, 0.3) is 11.5 Å². The number of hydrogen-bond donors (Lipinski definition) is 0. The lowest BCUT2D eigenvalue weighted by Crippen LogP contribution is -2.49. The van der Waals surface area contributed by atoms with Crippen molar-refractivity contribution >= 4 is 16.7 Å². The van der Waals surface area contributed by atoms with Gasteiger partial charge >= 0.3 is 0 Å². The second-order valence-corrected chi connectivity index (χ2v) is 7.01. The molecule has 1 unspecified atom stereocenters. The molecule has 0 radical (unpaired) electrons. The summed E-state index contributed by atoms with van der Waals surface area (Å²) in [5.74, 6) is -0.135. The molecule has 1 amide bonds. The molecule has 138 valence electrons. The number of piperazine rings is 1. The van der Waals surface area contributed by atoms with Crippen LogP contribution in [0.15, 0.2) is 59.4 Å². The van der Waals surface area contributed by atoms with Crippen LogP contribution in [-0.2, 0) is 7.05 Å². The Morgan fingerprint density at radius 3 is 2.37 bits per heavy atom. The highest BCUT2D eigenvalue weighted by molar-refractivity contribution is 6.05. The molecule has 4 rings (SSSR count). The van der Waals surface area contributed by atoms with Crippen LogP contribution in [0, 0.1) is 0 Å². The van der Waals surface area contributed by atoms with Gasteiger partial charge in [0.15, 0.2) is 5.69 Å². The molecule has 1 aromatic heterocycles. The molecule has 0 spiro atoms. The molecule has 2 heterocycles. The molecule has 6 nitrogen and oxygen atoms in total. The largest absolute Gasteiger partial charge is 0.328 e. The molecule has 1 saturated heterocycles. The molecule has 27 heavy (non-hydrogen) atoms. The SMILES string of the molecule is CN1CCN(C(=O)c2nn(C)c(=O)c3ccccc23)C(c2ccccc2)C1. The molecular formula is C21H22N4O2. The van der Waals surface area contributed by atoms with E-state index in [1.54, 1.807) is 25.2 Å². The van der Waals surface area contributed by atoms with E-state index in [1.807, 2.05) is 29.2 Å². The third-order valence-corrected chi connectivity index (χ3v) is 5.19. The second-order valence-electron chi connectivity index (χ2n) is 7.01. The number of aryl methyl sites for hydroxylation is 1. The Bertz CT molecular complexity index is 1040. The van der Waals surface area contributed by atoms with Crippen LogP contribution < -0.4 is 5.56 Å². The number of nitrogens with zero attached hydrogens (tertiary/aromatic N) is 4. The van der Waals surface area contributed by atoms with Crippen molar-refractivity contribution in [3.63, 3.8) is 0 Å². The summed E-state index contributed by atoms with van der Waals surface area (Å²) in [4.78, 5) is 30.0. The third-order valence-electron chi connectivity index (χ3n) is 5.19. The van der Waals surface area contributed by atoms with E-state index in [-0.39, 0.29) is 17.5 Å². The molecule has 2 aromatic carbocycles. The van der Waals surface area contributed by atoms with Crippen molar-refractivity contribution in [1.82, 2.24) is 19.6 Å². The van der Waals surface area contributed by atoms with Crippen LogP contribution in [0.2, 0.25) is 0 Å². The highest BCUT2D eigenvalue weighted by Crippen LogP contribution is 2.27. The van der Waals surface area contributed by atoms with Gasteiger partial charge in [-0.3, -0.25) is 9.59 Å². The van der Waals surface area contributed by atoms with E-state index in [9.17, 15) is 9.59 Å². The van der Waals surface area contributed by atoms with E-state index >= 15 is 0 Å². The summed E-state index contributed by atoms with van der Waals surface area (Å²) in [7, 11) is 3.65. The van der Waals surface area contributed by atoms with E-state index in [0.29, 0.717) is 23.0 Å². The summed E-state index contributed by atoms with van der Waals surface area (Å²) in [5.41, 5.74) is 1.24. The van der Waals surface area contributed by atoms with Gasteiger partial charge in [-0.1, -0.05) is 48.5 Å². The molecule has 3 aromatic rings. The first kappa shape index (κ1) is 17.4. The minimum absolute atomic E-state index is 0.0461. The quantitative estimate of drug-likeness (QED) is 0.700. The van der Waals surface area contributed by atoms with Crippen LogP contribution in [0.4, 0.5) is 0 Å². The predicted molar refractivity (Wildman–Crippen MR) is 105 cm³/mol. The number of rotatable bonds is 2. The molecule has 1 atom stereocenters. The first-order valence-electron chi connectivity index (χ1n) is 9.07. The maximum Gasteiger partial charge on any atom is 0.275 e. The summed E-state index contributed by atoms with van der Waals surface area (Å²) in [5, 5.41) is 5.45. The van der Waals surface area contributed by atoms with E-state index in [1.165, 1.54) is 4.68 Å². The molecule has 1 aliphatic rings. The lowest BCUT2D eigenvalue weighted by atomic mass is 10.0. The van der Waals surface area contributed by atoms with Crippen molar-refractivity contribution < 1.29 is 4.79 Å². The Balaban J connectivity index is 1.81. The van der Waals surface area contributed by atoms with Gasteiger partial charge in [0, 0.05) is 32.1 Å². The summed E-state index contributed by atoms with van der Waals surface area (Å²) in [6.07, 6.45) is 0. The van der Waals surface area contributed by atoms with Crippen LogP contribution >= 0.6 is 0 Å². The van der Waals surface area contributed by atoms with E-state index in [0.717, 1.165) is 18.7 Å². The molecule has 0 saturated carbocycles. The molecule has 0 N–H and O–H groups in total. The normalized spacial score (nSPS) is 18.0. The zero-order valence-electron chi connectivity index (χ0n) is 15.5. The van der Waals surface area contributed by atoms with Gasteiger partial charge in [-0.05, 0) is 18.7 Å². The molecule has 6 heteroatoms. The Morgan fingerprint density at radius 1 is 0.963 bits per heavy atom. The minimum Gasteiger partial charge on any atom is -0.328 e. The van der Waals surface area contributed by atoms with Gasteiger partial charge in [-0.25, -0.2) is 4.68 Å². The zero-order valence-corrected chi connectivity index (χ0v) is 15.5. The molecular weight excluding hydrogens is 340 g/mol. The van der Waals surface area contributed by atoms with Crippen LogP contribution in [-0.4, -0.2) is 52.2 Å². The number of amides is 1. The van der Waals surface area contributed by atoms with E-state index < -0.39 is 0 Å². The minimum atomic E-state index is -0.194. The first-order valence-corrected chi connectivity index (χ1v) is 9.07. The highest BCUT2D eigenvalue weighted by Gasteiger charge is 2.32. The summed E-state index contributed by atoms with van der Waals surface area (Å²) in [6, 6.07) is 17.2. The molecule has 0 aliphatic carbocycles. The fraction of sp³-hybridized carbons (Fsp3) is 0.286. The zero-order chi connectivity index (χ0) is 19.0. The van der Waals surface area contributed by atoms with Crippen molar-refractivity contribution in [1.29, 1.82) is 0 Å². The van der Waals surface area contributed by atoms with Crippen LogP contribution in [0.3, 0.4) is 0 Å². The number of carbonyl (C=O) groups is 1. The number of fused-ring (bicyclic) bond motifs is 1. The number of carbonyl (C=O) groups excluding carboxylic acids is 1. The fourth-order valence-corrected chi connectivity index (χ4v) is 3.72. The number of aromatic nitrogens is 2. The van der Waals surface area contributed by atoms with E-state index in [2.05, 4.69) is 29.2 Å². The van der Waals surface area contributed by atoms with Crippen molar-refractivity contribution in [3.8, 4) is 0 Å². The van der Waals surface area contributed by atoms with Crippen molar-refractivity contribution in [2.45, 2.75) is 6.04 Å². The topological polar surface area (TPSA) is 58.4 Å². The highest BCUT2D eigenvalue weighted by atomic mass is 16.2. The third kappa shape index (κ3) is 3.13. The summed E-state index contributed by atoms with van der Waals surface area (Å²) in [6.45, 7) is 2.19. The van der Waals surface area contributed by atoms with Crippen molar-refractivity contribution in [2.75, 3.05) is 26.7 Å². The van der Waals surface area contributed by atoms with Gasteiger partial charge in [0.2, 0.25) is 0 Å². The molecule has 0 bridgehead atoms. The Morgan fingerprint density at radius 2 is 1.63 bits per heavy atom. The first-order chi connectivity index (χ1) is 13.1. The lowest BCUT2D eigenvalue weighted by Gasteiger charge is -2.40. The van der Waals surface area contributed by atoms with Crippen molar-refractivity contribution in [2.24, 2.45) is 7.05 Å². The van der Waals surface area contributed by atoms with Gasteiger partial charge < -0.3 is 9.80 Å². The maximum absolute atomic E-state index is 13.5. The summed E-state index contributed by atoms with van der Waals surface area (Å²) >= 11 is 0. The van der Waals surface area contributed by atoms with Gasteiger partial charge in [-0.15, -0.1) is 0 Å². The van der Waals surface area contributed by atoms with Gasteiger partial charge in [-0.2, -0.15) is 5.10 Å².